The van der Waals surface area contributed by atoms with Crippen molar-refractivity contribution in [3.05, 3.63) is 46.1 Å². The van der Waals surface area contributed by atoms with Gasteiger partial charge in [-0.2, -0.15) is 17.9 Å². The largest absolute Gasteiger partial charge is 0.416 e. The Morgan fingerprint density at radius 3 is 2.59 bits per heavy atom. The molecule has 3 rings (SSSR count). The number of carbonyl (C=O) groups excluding carboxylic acids is 1. The number of rotatable bonds is 6. The molecule has 0 saturated carbocycles. The summed E-state index contributed by atoms with van der Waals surface area (Å²) in [7, 11) is 1.89. The molecular formula is C17H20F3N4O2S+. The van der Waals surface area contributed by atoms with Crippen molar-refractivity contribution in [3.63, 3.8) is 0 Å². The number of quaternary nitrogens is 1. The second-order valence-electron chi connectivity index (χ2n) is 6.67. The summed E-state index contributed by atoms with van der Waals surface area (Å²) in [6.45, 7) is 1.89. The molecule has 27 heavy (non-hydrogen) atoms. The van der Waals surface area contributed by atoms with E-state index in [1.165, 1.54) is 16.8 Å². The minimum absolute atomic E-state index is 0.0794. The molecule has 1 aromatic heterocycles. The van der Waals surface area contributed by atoms with Gasteiger partial charge >= 0.3 is 6.18 Å². The normalized spacial score (nSPS) is 16.1. The molecular weight excluding hydrogens is 381 g/mol. The van der Waals surface area contributed by atoms with E-state index < -0.39 is 11.7 Å². The number of alkyl halides is 3. The van der Waals surface area contributed by atoms with Crippen molar-refractivity contribution in [3.8, 4) is 0 Å². The van der Waals surface area contributed by atoms with Gasteiger partial charge in [-0.05, 0) is 30.8 Å². The summed E-state index contributed by atoms with van der Waals surface area (Å²) in [5.74, 6) is 0.466. The van der Waals surface area contributed by atoms with Crippen LogP contribution in [0.4, 0.5) is 13.2 Å². The monoisotopic (exact) mass is 401 g/mol. The van der Waals surface area contributed by atoms with Gasteiger partial charge in [0.25, 0.3) is 4.84 Å². The number of hydrogen-bond acceptors (Lipinski definition) is 4. The van der Waals surface area contributed by atoms with Gasteiger partial charge in [0.05, 0.1) is 19.2 Å². The Labute approximate surface area is 159 Å². The summed E-state index contributed by atoms with van der Waals surface area (Å²) >= 11 is 5.18. The number of likely N-dealkylation sites (tertiary alicyclic amines) is 1. The zero-order valence-electron chi connectivity index (χ0n) is 14.8. The van der Waals surface area contributed by atoms with Crippen LogP contribution in [0.3, 0.4) is 0 Å². The molecule has 1 unspecified atom stereocenters. The number of nitrogens with zero attached hydrogens (tertiary/aromatic N) is 3. The Morgan fingerprint density at radius 1 is 1.30 bits per heavy atom. The second kappa shape index (κ2) is 7.81. The van der Waals surface area contributed by atoms with Crippen LogP contribution < -0.4 is 4.90 Å². The predicted octanol–water partition coefficient (Wildman–Crippen LogP) is 2.02. The van der Waals surface area contributed by atoms with Crippen LogP contribution in [0.25, 0.3) is 0 Å². The molecule has 0 radical (unpaired) electrons. The first-order valence-electron chi connectivity index (χ1n) is 8.54. The predicted molar refractivity (Wildman–Crippen MR) is 92.0 cm³/mol. The van der Waals surface area contributed by atoms with Crippen molar-refractivity contribution in [2.45, 2.75) is 38.8 Å². The van der Waals surface area contributed by atoms with Crippen LogP contribution in [0.15, 0.2) is 28.7 Å². The van der Waals surface area contributed by atoms with Crippen LogP contribution in [0.5, 0.6) is 0 Å². The molecule has 2 heterocycles. The highest BCUT2D eigenvalue weighted by molar-refractivity contribution is 7.71. The first-order valence-corrected chi connectivity index (χ1v) is 8.95. The van der Waals surface area contributed by atoms with Gasteiger partial charge in [0, 0.05) is 18.5 Å². The number of halogens is 3. The fourth-order valence-corrected chi connectivity index (χ4v) is 3.22. The van der Waals surface area contributed by atoms with Gasteiger partial charge in [-0.3, -0.25) is 4.79 Å². The van der Waals surface area contributed by atoms with E-state index in [2.05, 4.69) is 5.10 Å². The summed E-state index contributed by atoms with van der Waals surface area (Å²) in [6, 6.07) is 5.10. The minimum Gasteiger partial charge on any atom is -0.412 e. The van der Waals surface area contributed by atoms with Gasteiger partial charge in [0.2, 0.25) is 11.8 Å². The third-order valence-corrected chi connectivity index (χ3v) is 4.65. The number of benzene rings is 1. The quantitative estimate of drug-likeness (QED) is 0.753. The number of aromatic nitrogens is 2. The molecule has 1 N–H and O–H groups in total. The van der Waals surface area contributed by atoms with E-state index in [0.29, 0.717) is 38.6 Å². The van der Waals surface area contributed by atoms with Crippen LogP contribution >= 0.6 is 12.2 Å². The molecule has 1 aliphatic heterocycles. The number of amides is 1. The number of nitrogens with one attached hydrogen (secondary N) is 1. The molecule has 0 bridgehead atoms. The van der Waals surface area contributed by atoms with Gasteiger partial charge in [-0.25, -0.2) is 0 Å². The van der Waals surface area contributed by atoms with Crippen molar-refractivity contribution >= 4 is 18.1 Å². The SMILES string of the molecule is C[NH+](Cc1ccc(C(F)(F)F)cc1)Cn1nc(CN2CCCC2=O)oc1=S. The molecule has 2 aromatic rings. The lowest BCUT2D eigenvalue weighted by Gasteiger charge is -2.14. The van der Waals surface area contributed by atoms with Crippen LogP contribution in [0.2, 0.25) is 0 Å². The molecule has 146 valence electrons. The van der Waals surface area contributed by atoms with Gasteiger partial charge in [-0.15, -0.1) is 5.10 Å². The zero-order chi connectivity index (χ0) is 19.6. The van der Waals surface area contributed by atoms with Crippen molar-refractivity contribution in [2.75, 3.05) is 13.6 Å². The lowest BCUT2D eigenvalue weighted by atomic mass is 10.1. The molecule has 1 amide bonds. The van der Waals surface area contributed by atoms with Gasteiger partial charge in [-0.1, -0.05) is 12.1 Å². The number of hydrogen-bond donors (Lipinski definition) is 1. The zero-order valence-corrected chi connectivity index (χ0v) is 15.6. The van der Waals surface area contributed by atoms with Gasteiger partial charge in [0.15, 0.2) is 6.67 Å². The molecule has 10 heteroatoms. The first-order chi connectivity index (χ1) is 12.7. The molecule has 6 nitrogen and oxygen atoms in total. The molecule has 1 fully saturated rings. The summed E-state index contributed by atoms with van der Waals surface area (Å²) in [6.07, 6.45) is -2.96. The van der Waals surface area contributed by atoms with E-state index in [0.717, 1.165) is 29.0 Å². The van der Waals surface area contributed by atoms with Crippen LogP contribution in [-0.4, -0.2) is 34.2 Å². The van der Waals surface area contributed by atoms with E-state index >= 15 is 0 Å². The number of carbonyl (C=O) groups is 1. The van der Waals surface area contributed by atoms with Gasteiger partial charge in [0.1, 0.15) is 6.54 Å². The van der Waals surface area contributed by atoms with Crippen molar-refractivity contribution < 1.29 is 27.3 Å². The lowest BCUT2D eigenvalue weighted by Crippen LogP contribution is -3.07. The summed E-state index contributed by atoms with van der Waals surface area (Å²) in [5, 5.41) is 4.32. The molecule has 1 aromatic carbocycles. The highest BCUT2D eigenvalue weighted by atomic mass is 32.1. The van der Waals surface area contributed by atoms with Crippen LogP contribution in [0.1, 0.15) is 29.9 Å². The average molecular weight is 401 g/mol. The maximum absolute atomic E-state index is 12.6. The van der Waals surface area contributed by atoms with Crippen molar-refractivity contribution in [1.29, 1.82) is 0 Å². The lowest BCUT2D eigenvalue weighted by molar-refractivity contribution is -0.917. The molecule has 0 spiro atoms. The molecule has 1 aliphatic rings. The van der Waals surface area contributed by atoms with E-state index in [-0.39, 0.29) is 10.7 Å². The van der Waals surface area contributed by atoms with Crippen LogP contribution in [-0.2, 0) is 30.7 Å². The standard InChI is InChI=1S/C17H19F3N4O2S/c1-22(9-12-4-6-13(7-5-12)17(18,19)20)11-24-16(27)26-14(21-24)10-23-8-2-3-15(23)25/h4-7H,2-3,8-11H2,1H3/p+1. The molecule has 1 saturated heterocycles. The third kappa shape index (κ3) is 4.95. The van der Waals surface area contributed by atoms with E-state index in [4.69, 9.17) is 16.6 Å². The third-order valence-electron chi connectivity index (χ3n) is 4.35. The Balaban J connectivity index is 1.60. The molecule has 1 atom stereocenters. The maximum atomic E-state index is 12.6. The van der Waals surface area contributed by atoms with Crippen molar-refractivity contribution in [2.24, 2.45) is 0 Å². The van der Waals surface area contributed by atoms with Crippen LogP contribution in [0, 0.1) is 4.84 Å². The summed E-state index contributed by atoms with van der Waals surface area (Å²) < 4.78 is 44.9. The smallest absolute Gasteiger partial charge is 0.412 e. The summed E-state index contributed by atoms with van der Waals surface area (Å²) in [5.41, 5.74) is 0.113. The van der Waals surface area contributed by atoms with Gasteiger partial charge < -0.3 is 14.2 Å². The van der Waals surface area contributed by atoms with E-state index in [1.54, 1.807) is 4.90 Å². The average Bonchev–Trinajstić information content (AvgIpc) is 3.13. The topological polar surface area (TPSA) is 55.7 Å². The summed E-state index contributed by atoms with van der Waals surface area (Å²) in [4.78, 5) is 14.6. The Hall–Kier alpha value is -2.20. The first kappa shape index (κ1) is 19.6. The maximum Gasteiger partial charge on any atom is 0.416 e. The highest BCUT2D eigenvalue weighted by Crippen LogP contribution is 2.28. The fourth-order valence-electron chi connectivity index (χ4n) is 3.02. The Bertz CT molecular complexity index is 860. The molecule has 0 aliphatic carbocycles. The minimum atomic E-state index is -4.34. The fraction of sp³-hybridized carbons (Fsp3) is 0.471. The second-order valence-corrected chi connectivity index (χ2v) is 7.02. The highest BCUT2D eigenvalue weighted by Gasteiger charge is 2.30. The Morgan fingerprint density at radius 2 is 2.00 bits per heavy atom. The Kier molecular flexibility index (Phi) is 5.66. The van der Waals surface area contributed by atoms with E-state index in [9.17, 15) is 18.0 Å². The van der Waals surface area contributed by atoms with Crippen molar-refractivity contribution in [1.82, 2.24) is 14.7 Å². The van der Waals surface area contributed by atoms with E-state index in [1.807, 2.05) is 7.05 Å².